The summed E-state index contributed by atoms with van der Waals surface area (Å²) in [6.45, 7) is 2.00. The number of hydrogen-bond acceptors (Lipinski definition) is 4. The number of aryl methyl sites for hydroxylation is 1. The molecule has 0 N–H and O–H groups in total. The van der Waals surface area contributed by atoms with Crippen LogP contribution in [0.2, 0.25) is 0 Å². The minimum atomic E-state index is -0.413. The Kier molecular flexibility index (Phi) is 4.88. The van der Waals surface area contributed by atoms with E-state index in [1.807, 2.05) is 61.5 Å². The van der Waals surface area contributed by atoms with E-state index in [4.69, 9.17) is 0 Å². The number of nitro benzene ring substituents is 1. The molecule has 5 nitrogen and oxygen atoms in total. The summed E-state index contributed by atoms with van der Waals surface area (Å²) in [4.78, 5) is 26.4. The van der Waals surface area contributed by atoms with Gasteiger partial charge in [0.05, 0.1) is 11.0 Å². The summed E-state index contributed by atoms with van der Waals surface area (Å²) in [5.74, 6) is 0.0426. The molecule has 1 amide bonds. The van der Waals surface area contributed by atoms with Crippen LogP contribution >= 0.6 is 11.8 Å². The molecule has 140 valence electrons. The molecular weight excluding hydrogens is 372 g/mol. The molecular formula is C22H18N2O3S. The highest BCUT2D eigenvalue weighted by molar-refractivity contribution is 8.00. The predicted molar refractivity (Wildman–Crippen MR) is 111 cm³/mol. The zero-order chi connectivity index (χ0) is 19.7. The van der Waals surface area contributed by atoms with Gasteiger partial charge < -0.3 is 4.90 Å². The van der Waals surface area contributed by atoms with E-state index in [1.165, 1.54) is 23.9 Å². The Hall–Kier alpha value is -3.12. The maximum Gasteiger partial charge on any atom is 0.269 e. The molecule has 0 aliphatic carbocycles. The zero-order valence-corrected chi connectivity index (χ0v) is 16.0. The highest BCUT2D eigenvalue weighted by Gasteiger charge is 2.49. The van der Waals surface area contributed by atoms with Crippen LogP contribution in [0.5, 0.6) is 0 Å². The van der Waals surface area contributed by atoms with Crippen LogP contribution in [0.25, 0.3) is 0 Å². The Balaban J connectivity index is 1.69. The van der Waals surface area contributed by atoms with Crippen LogP contribution in [0.1, 0.15) is 17.2 Å². The molecule has 28 heavy (non-hydrogen) atoms. The molecule has 0 unspecified atom stereocenters. The van der Waals surface area contributed by atoms with Gasteiger partial charge in [-0.2, -0.15) is 0 Å². The van der Waals surface area contributed by atoms with Crippen LogP contribution in [0.4, 0.5) is 11.4 Å². The summed E-state index contributed by atoms with van der Waals surface area (Å²) in [6.07, 6.45) is 0. The van der Waals surface area contributed by atoms with Crippen molar-refractivity contribution in [3.8, 4) is 0 Å². The number of rotatable bonds is 5. The van der Waals surface area contributed by atoms with Crippen LogP contribution in [-0.2, 0) is 4.79 Å². The zero-order valence-electron chi connectivity index (χ0n) is 15.2. The fraction of sp³-hybridized carbons (Fsp3) is 0.136. The van der Waals surface area contributed by atoms with Crippen molar-refractivity contribution < 1.29 is 9.72 Å². The maximum atomic E-state index is 13.0. The smallest absolute Gasteiger partial charge is 0.269 e. The number of hydrogen-bond donors (Lipinski definition) is 0. The quantitative estimate of drug-likeness (QED) is 0.343. The van der Waals surface area contributed by atoms with Crippen LogP contribution < -0.4 is 4.90 Å². The first-order valence-corrected chi connectivity index (χ1v) is 9.78. The minimum absolute atomic E-state index is 0.0426. The fourth-order valence-electron chi connectivity index (χ4n) is 3.33. The molecule has 1 saturated heterocycles. The third-order valence-electron chi connectivity index (χ3n) is 4.81. The Morgan fingerprint density at radius 3 is 2.18 bits per heavy atom. The Morgan fingerprint density at radius 1 is 0.929 bits per heavy atom. The summed E-state index contributed by atoms with van der Waals surface area (Å²) >= 11 is 1.53. The molecule has 1 aliphatic heterocycles. The number of anilines is 1. The standard InChI is InChI=1S/C22H18N2O3S/c1-15-7-11-17(12-8-15)23-20(16-9-13-18(14-10-16)24(26)27)21(22(23)25)28-19-5-3-2-4-6-19/h2-14,20-21H,1H3/t20-,21-/m0/s1. The Bertz CT molecular complexity index is 1000. The van der Waals surface area contributed by atoms with Gasteiger partial charge in [-0.25, -0.2) is 0 Å². The number of nitro groups is 1. The van der Waals surface area contributed by atoms with E-state index in [2.05, 4.69) is 0 Å². The van der Waals surface area contributed by atoms with E-state index in [0.29, 0.717) is 0 Å². The summed E-state index contributed by atoms with van der Waals surface area (Å²) in [5.41, 5.74) is 2.89. The van der Waals surface area contributed by atoms with Crippen LogP contribution in [-0.4, -0.2) is 16.1 Å². The van der Waals surface area contributed by atoms with Crippen molar-refractivity contribution in [1.82, 2.24) is 0 Å². The van der Waals surface area contributed by atoms with Gasteiger partial charge in [0.2, 0.25) is 5.91 Å². The average Bonchev–Trinajstić information content (AvgIpc) is 2.72. The number of thioether (sulfide) groups is 1. The number of amides is 1. The lowest BCUT2D eigenvalue weighted by Crippen LogP contribution is -2.57. The monoisotopic (exact) mass is 390 g/mol. The van der Waals surface area contributed by atoms with E-state index in [-0.39, 0.29) is 22.9 Å². The van der Waals surface area contributed by atoms with Gasteiger partial charge in [0.25, 0.3) is 5.69 Å². The van der Waals surface area contributed by atoms with Crippen LogP contribution in [0.3, 0.4) is 0 Å². The maximum absolute atomic E-state index is 13.0. The van der Waals surface area contributed by atoms with Gasteiger partial charge in [-0.15, -0.1) is 11.8 Å². The summed E-state index contributed by atoms with van der Waals surface area (Å²) in [7, 11) is 0. The van der Waals surface area contributed by atoms with E-state index in [0.717, 1.165) is 21.7 Å². The molecule has 6 heteroatoms. The molecule has 1 fully saturated rings. The first-order chi connectivity index (χ1) is 13.5. The summed E-state index contributed by atoms with van der Waals surface area (Å²) < 4.78 is 0. The second-order valence-electron chi connectivity index (χ2n) is 6.69. The molecule has 0 spiro atoms. The van der Waals surface area contributed by atoms with Gasteiger partial charge in [0.15, 0.2) is 0 Å². The van der Waals surface area contributed by atoms with E-state index < -0.39 is 4.92 Å². The fourth-order valence-corrected chi connectivity index (χ4v) is 4.56. The summed E-state index contributed by atoms with van der Waals surface area (Å²) in [5, 5.41) is 10.7. The van der Waals surface area contributed by atoms with Crippen molar-refractivity contribution in [3.05, 3.63) is 100 Å². The van der Waals surface area contributed by atoms with Crippen molar-refractivity contribution in [2.45, 2.75) is 23.1 Å². The van der Waals surface area contributed by atoms with Gasteiger partial charge in [0.1, 0.15) is 5.25 Å². The molecule has 0 aromatic heterocycles. The third kappa shape index (κ3) is 3.39. The average molecular weight is 390 g/mol. The Labute approximate surface area is 167 Å². The highest BCUT2D eigenvalue weighted by Crippen LogP contribution is 2.47. The van der Waals surface area contributed by atoms with Crippen molar-refractivity contribution in [2.24, 2.45) is 0 Å². The van der Waals surface area contributed by atoms with Crippen molar-refractivity contribution in [3.63, 3.8) is 0 Å². The van der Waals surface area contributed by atoms with Crippen molar-refractivity contribution in [2.75, 3.05) is 4.90 Å². The highest BCUT2D eigenvalue weighted by atomic mass is 32.2. The molecule has 3 aromatic carbocycles. The number of β-lactam (4-membered cyclic amide) rings is 1. The molecule has 0 radical (unpaired) electrons. The normalized spacial score (nSPS) is 18.6. The van der Waals surface area contributed by atoms with Gasteiger partial charge in [-0.3, -0.25) is 14.9 Å². The number of carbonyl (C=O) groups is 1. The van der Waals surface area contributed by atoms with E-state index >= 15 is 0 Å². The van der Waals surface area contributed by atoms with Gasteiger partial charge >= 0.3 is 0 Å². The number of non-ortho nitro benzene ring substituents is 1. The molecule has 3 aromatic rings. The second-order valence-corrected chi connectivity index (χ2v) is 7.90. The first-order valence-electron chi connectivity index (χ1n) is 8.90. The van der Waals surface area contributed by atoms with E-state index in [1.54, 1.807) is 17.0 Å². The first kappa shape index (κ1) is 18.3. The molecule has 0 bridgehead atoms. The van der Waals surface area contributed by atoms with Gasteiger partial charge in [0, 0.05) is 22.7 Å². The molecule has 1 heterocycles. The van der Waals surface area contributed by atoms with E-state index in [9.17, 15) is 14.9 Å². The van der Waals surface area contributed by atoms with Gasteiger partial charge in [-0.1, -0.05) is 48.0 Å². The third-order valence-corrected chi connectivity index (χ3v) is 6.07. The van der Waals surface area contributed by atoms with Crippen LogP contribution in [0.15, 0.2) is 83.8 Å². The molecule has 2 atom stereocenters. The van der Waals surface area contributed by atoms with Crippen molar-refractivity contribution in [1.29, 1.82) is 0 Å². The van der Waals surface area contributed by atoms with Crippen LogP contribution in [0, 0.1) is 17.0 Å². The Morgan fingerprint density at radius 2 is 1.57 bits per heavy atom. The number of nitrogens with zero attached hydrogens (tertiary/aromatic N) is 2. The topological polar surface area (TPSA) is 63.5 Å². The van der Waals surface area contributed by atoms with Crippen molar-refractivity contribution >= 4 is 29.0 Å². The largest absolute Gasteiger partial charge is 0.302 e. The summed E-state index contributed by atoms with van der Waals surface area (Å²) in [6, 6.07) is 24.0. The van der Waals surface area contributed by atoms with Gasteiger partial charge in [-0.05, 0) is 36.8 Å². The predicted octanol–water partition coefficient (Wildman–Crippen LogP) is 5.15. The molecule has 1 aliphatic rings. The lowest BCUT2D eigenvalue weighted by molar-refractivity contribution is -0.384. The SMILES string of the molecule is Cc1ccc(N2C(=O)[C@@H](Sc3ccccc3)[C@@H]2c2ccc([N+](=O)[O-])cc2)cc1. The second kappa shape index (κ2) is 7.48. The lowest BCUT2D eigenvalue weighted by atomic mass is 9.92. The lowest BCUT2D eigenvalue weighted by Gasteiger charge is -2.47. The minimum Gasteiger partial charge on any atom is -0.302 e. The number of benzene rings is 3. The number of carbonyl (C=O) groups excluding carboxylic acids is 1. The molecule has 0 saturated carbocycles. The molecule has 4 rings (SSSR count).